The van der Waals surface area contributed by atoms with Crippen molar-refractivity contribution >= 4 is 11.2 Å². The first-order valence-corrected chi connectivity index (χ1v) is 10.5. The molecule has 3 aliphatic rings. The summed E-state index contributed by atoms with van der Waals surface area (Å²) in [7, 11) is 0. The molecule has 0 amide bonds. The number of aromatic amines is 1. The second kappa shape index (κ2) is 11.3. The molecule has 0 spiro atoms. The van der Waals surface area contributed by atoms with Crippen LogP contribution in [0.5, 0.6) is 0 Å². The standard InChI is InChI=1S/C17H16N7O5.C5H5.Fe/c25-6-10-12(26)13(27)16(29-10)23-7-18-11-14(23)19-17(20-15(11)28)24-5-9(21-22-24)8-3-1-2-4-8;1-2-4-5-3-1;/h1-5,7,10,12-13,16,25-27H,6H2,(H,19,20,28);1-5H;/q;;+2/t10-,12-,13-,16-;;/m1../s1. The predicted molar refractivity (Wildman–Crippen MR) is 117 cm³/mol. The van der Waals surface area contributed by atoms with E-state index < -0.39 is 36.7 Å². The smallest absolute Gasteiger partial charge is 0.394 e. The van der Waals surface area contributed by atoms with Gasteiger partial charge in [0.1, 0.15) is 18.3 Å². The van der Waals surface area contributed by atoms with Gasteiger partial charge in [0.15, 0.2) is 17.4 Å². The zero-order valence-corrected chi connectivity index (χ0v) is 19.2. The summed E-state index contributed by atoms with van der Waals surface area (Å²) in [4.78, 5) is 23.5. The minimum atomic E-state index is -1.33. The summed E-state index contributed by atoms with van der Waals surface area (Å²) in [6.45, 7) is -0.468. The van der Waals surface area contributed by atoms with Gasteiger partial charge in [-0.2, -0.15) is 9.67 Å². The van der Waals surface area contributed by atoms with E-state index in [0.29, 0.717) is 5.69 Å². The molecule has 13 heteroatoms. The van der Waals surface area contributed by atoms with Crippen LogP contribution in [0.3, 0.4) is 0 Å². The first kappa shape index (κ1) is 25.9. The van der Waals surface area contributed by atoms with Gasteiger partial charge in [0.2, 0.25) is 5.95 Å². The van der Waals surface area contributed by atoms with E-state index in [4.69, 9.17) is 4.74 Å². The van der Waals surface area contributed by atoms with Gasteiger partial charge in [-0.05, 0) is 57.8 Å². The maximum Gasteiger partial charge on any atom is 2.00 e. The Balaban J connectivity index is 0.000000431. The SMILES string of the molecule is O=c1[nH]c(-n2cc([C]3[CH][CH][CH][CH]3)nn2)nc2c1ncn2[C@@H]1O[C@H](CO)[C@@H](O)[C@H]1O.[CH]1[CH][CH][CH][CH]1.[Fe+2]. The number of fused-ring (bicyclic) bond motifs is 1. The monoisotopic (exact) mass is 519 g/mol. The third-order valence-corrected chi connectivity index (χ3v) is 5.44. The molecule has 3 aromatic rings. The maximum absolute atomic E-state index is 12.5. The van der Waals surface area contributed by atoms with Gasteiger partial charge in [-0.25, -0.2) is 4.98 Å². The van der Waals surface area contributed by atoms with Crippen molar-refractivity contribution in [2.45, 2.75) is 24.5 Å². The summed E-state index contributed by atoms with van der Waals surface area (Å²) >= 11 is 0. The molecule has 0 bridgehead atoms. The Bertz CT molecular complexity index is 1160. The molecule has 35 heavy (non-hydrogen) atoms. The molecule has 1 saturated heterocycles. The molecule has 1 aliphatic heterocycles. The third-order valence-electron chi connectivity index (χ3n) is 5.44. The van der Waals surface area contributed by atoms with Crippen LogP contribution in [0.4, 0.5) is 0 Å². The van der Waals surface area contributed by atoms with Crippen LogP contribution in [-0.4, -0.2) is 74.8 Å². The van der Waals surface area contributed by atoms with Crippen LogP contribution < -0.4 is 5.56 Å². The minimum absolute atomic E-state index is 0. The normalized spacial score (nSPS) is 26.6. The molecule has 0 aromatic carbocycles. The molecule has 2 aliphatic carbocycles. The van der Waals surface area contributed by atoms with Crippen LogP contribution in [0, 0.1) is 63.7 Å². The van der Waals surface area contributed by atoms with Crippen LogP contribution >= 0.6 is 0 Å². The van der Waals surface area contributed by atoms with E-state index in [-0.39, 0.29) is 34.2 Å². The molecule has 3 fully saturated rings. The van der Waals surface area contributed by atoms with Gasteiger partial charge in [0.05, 0.1) is 24.8 Å². The van der Waals surface area contributed by atoms with Crippen molar-refractivity contribution in [3.8, 4) is 5.95 Å². The van der Waals surface area contributed by atoms with Gasteiger partial charge < -0.3 is 20.1 Å². The van der Waals surface area contributed by atoms with Crippen molar-refractivity contribution in [2.75, 3.05) is 6.61 Å². The number of nitrogens with one attached hydrogen (secondary N) is 1. The Kier molecular flexibility index (Phi) is 8.35. The van der Waals surface area contributed by atoms with Gasteiger partial charge in [-0.1, -0.05) is 5.21 Å². The van der Waals surface area contributed by atoms with Gasteiger partial charge in [0, 0.05) is 5.92 Å². The number of aliphatic hydroxyl groups excluding tert-OH is 3. The Morgan fingerprint density at radius 3 is 2.34 bits per heavy atom. The Morgan fingerprint density at radius 1 is 1.03 bits per heavy atom. The summed E-state index contributed by atoms with van der Waals surface area (Å²) in [6, 6.07) is 0. The molecule has 0 unspecified atom stereocenters. The van der Waals surface area contributed by atoms with Crippen molar-refractivity contribution in [1.29, 1.82) is 0 Å². The maximum atomic E-state index is 12.5. The predicted octanol–water partition coefficient (Wildman–Crippen LogP) is -0.916. The second-order valence-corrected chi connectivity index (χ2v) is 7.63. The van der Waals surface area contributed by atoms with E-state index >= 15 is 0 Å². The molecular formula is C22H21FeN7O5+2. The number of nitrogens with zero attached hydrogens (tertiary/aromatic N) is 6. The summed E-state index contributed by atoms with van der Waals surface area (Å²) < 4.78 is 8.17. The Hall–Kier alpha value is -2.15. The van der Waals surface area contributed by atoms with E-state index in [1.807, 2.05) is 57.8 Å². The molecule has 4 N–H and O–H groups in total. The van der Waals surface area contributed by atoms with Crippen LogP contribution in [0.15, 0.2) is 17.3 Å². The number of aromatic nitrogens is 7. The third kappa shape index (κ3) is 5.20. The quantitative estimate of drug-likeness (QED) is 0.319. The fourth-order valence-corrected chi connectivity index (χ4v) is 3.68. The van der Waals surface area contributed by atoms with Crippen molar-refractivity contribution in [3.63, 3.8) is 0 Å². The molecule has 3 aromatic heterocycles. The topological polar surface area (TPSA) is 164 Å². The molecule has 4 heterocycles. The Morgan fingerprint density at radius 2 is 1.71 bits per heavy atom. The average Bonchev–Trinajstić information content (AvgIpc) is 3.67. The van der Waals surface area contributed by atoms with Gasteiger partial charge in [-0.3, -0.25) is 14.3 Å². The number of aliphatic hydroxyl groups is 3. The zero-order valence-electron chi connectivity index (χ0n) is 18.1. The fraction of sp³-hybridized carbons (Fsp3) is 0.227. The van der Waals surface area contributed by atoms with E-state index in [1.54, 1.807) is 6.20 Å². The summed E-state index contributed by atoms with van der Waals surface area (Å²) in [6.07, 6.45) is 15.8. The first-order chi connectivity index (χ1) is 16.6. The van der Waals surface area contributed by atoms with Gasteiger partial charge in [-0.15, -0.1) is 5.10 Å². The zero-order chi connectivity index (χ0) is 23.7. The van der Waals surface area contributed by atoms with Crippen molar-refractivity contribution < 1.29 is 37.1 Å². The largest absolute Gasteiger partial charge is 2.00 e. The van der Waals surface area contributed by atoms with E-state index in [0.717, 1.165) is 5.92 Å². The van der Waals surface area contributed by atoms with E-state index in [1.165, 1.54) is 15.6 Å². The number of H-pyrrole nitrogens is 1. The minimum Gasteiger partial charge on any atom is -0.394 e. The molecule has 4 atom stereocenters. The molecule has 2 saturated carbocycles. The summed E-state index contributed by atoms with van der Waals surface area (Å²) in [5.41, 5.74) is 0.252. The summed E-state index contributed by atoms with van der Waals surface area (Å²) in [5, 5.41) is 37.7. The number of ether oxygens (including phenoxy) is 1. The fourth-order valence-electron chi connectivity index (χ4n) is 3.68. The summed E-state index contributed by atoms with van der Waals surface area (Å²) in [5.74, 6) is 0.970. The number of hydrogen-bond donors (Lipinski definition) is 4. The molecule has 12 nitrogen and oxygen atoms in total. The van der Waals surface area contributed by atoms with Crippen LogP contribution in [0.1, 0.15) is 11.9 Å². The van der Waals surface area contributed by atoms with Crippen LogP contribution in [0.25, 0.3) is 17.1 Å². The van der Waals surface area contributed by atoms with Gasteiger partial charge >= 0.3 is 17.1 Å². The number of imidazole rings is 1. The molecule has 180 valence electrons. The number of rotatable bonds is 4. The van der Waals surface area contributed by atoms with Crippen molar-refractivity contribution in [3.05, 3.63) is 92.3 Å². The Labute approximate surface area is 212 Å². The van der Waals surface area contributed by atoms with Crippen molar-refractivity contribution in [1.82, 2.24) is 34.5 Å². The average molecular weight is 519 g/mol. The van der Waals surface area contributed by atoms with E-state index in [2.05, 4.69) is 25.3 Å². The van der Waals surface area contributed by atoms with Crippen LogP contribution in [-0.2, 0) is 21.8 Å². The van der Waals surface area contributed by atoms with Crippen molar-refractivity contribution in [2.24, 2.45) is 0 Å². The van der Waals surface area contributed by atoms with Gasteiger partial charge in [0.25, 0.3) is 5.56 Å². The number of hydrogen-bond acceptors (Lipinski definition) is 9. The molecule has 10 radical (unpaired) electrons. The van der Waals surface area contributed by atoms with Crippen LogP contribution in [0.2, 0.25) is 0 Å². The molecular weight excluding hydrogens is 498 g/mol. The van der Waals surface area contributed by atoms with E-state index in [9.17, 15) is 20.1 Å². The molecule has 6 rings (SSSR count). The second-order valence-electron chi connectivity index (χ2n) is 7.63. The first-order valence-electron chi connectivity index (χ1n) is 10.5.